The lowest BCUT2D eigenvalue weighted by molar-refractivity contribution is -0.120. The lowest BCUT2D eigenvalue weighted by Crippen LogP contribution is -2.41. The second-order valence-corrected chi connectivity index (χ2v) is 7.45. The molecular weight excluding hydrogens is 402 g/mol. The first-order chi connectivity index (χ1) is 15.5. The normalized spacial score (nSPS) is 11.6. The first kappa shape index (κ1) is 23.0. The Bertz CT molecular complexity index is 1040. The van der Waals surface area contributed by atoms with Crippen molar-refractivity contribution in [1.29, 1.82) is 0 Å². The van der Waals surface area contributed by atoms with Gasteiger partial charge >= 0.3 is 0 Å². The minimum atomic E-state index is -0.297. The zero-order valence-corrected chi connectivity index (χ0v) is 18.7. The molecule has 32 heavy (non-hydrogen) atoms. The summed E-state index contributed by atoms with van der Waals surface area (Å²) in [6.07, 6.45) is 0. The molecule has 6 nitrogen and oxygen atoms in total. The van der Waals surface area contributed by atoms with Gasteiger partial charge in [0.05, 0.1) is 18.8 Å². The molecule has 3 aromatic rings. The molecule has 0 fully saturated rings. The highest BCUT2D eigenvalue weighted by Crippen LogP contribution is 2.24. The standard InChI is InChI=1S/C26H29N3O3/c1-4-29(18-20-10-6-5-7-11-20)19(2)25(30)27-22-16-14-21(15-17-22)26(31)28-23-12-8-9-13-24(23)32-3/h5-17,19H,4,18H2,1-3H3,(H,27,30)(H,28,31). The fraction of sp³-hybridized carbons (Fsp3) is 0.231. The second kappa shape index (κ2) is 11.1. The molecule has 0 aliphatic heterocycles. The molecule has 0 bridgehead atoms. The van der Waals surface area contributed by atoms with Crippen LogP contribution in [0.4, 0.5) is 11.4 Å². The number of anilines is 2. The van der Waals surface area contributed by atoms with Crippen molar-refractivity contribution in [2.45, 2.75) is 26.4 Å². The number of nitrogens with zero attached hydrogens (tertiary/aromatic N) is 1. The van der Waals surface area contributed by atoms with Crippen LogP contribution in [0.5, 0.6) is 5.75 Å². The maximum atomic E-state index is 12.8. The van der Waals surface area contributed by atoms with Crippen LogP contribution in [0, 0.1) is 0 Å². The summed E-state index contributed by atoms with van der Waals surface area (Å²) in [5, 5.41) is 5.79. The Balaban J connectivity index is 1.60. The van der Waals surface area contributed by atoms with E-state index in [1.54, 1.807) is 43.5 Å². The van der Waals surface area contributed by atoms with Crippen molar-refractivity contribution in [3.63, 3.8) is 0 Å². The van der Waals surface area contributed by atoms with Crippen LogP contribution >= 0.6 is 0 Å². The Morgan fingerprint density at radius 3 is 2.22 bits per heavy atom. The smallest absolute Gasteiger partial charge is 0.255 e. The van der Waals surface area contributed by atoms with E-state index in [0.717, 1.165) is 6.54 Å². The number of benzene rings is 3. The summed E-state index contributed by atoms with van der Waals surface area (Å²) in [6, 6.07) is 23.9. The minimum absolute atomic E-state index is 0.0889. The van der Waals surface area contributed by atoms with Crippen molar-refractivity contribution < 1.29 is 14.3 Å². The Hall–Kier alpha value is -3.64. The Labute approximate surface area is 189 Å². The molecule has 1 unspecified atom stereocenters. The van der Waals surface area contributed by atoms with Crippen LogP contribution < -0.4 is 15.4 Å². The maximum absolute atomic E-state index is 12.8. The Morgan fingerprint density at radius 2 is 1.56 bits per heavy atom. The molecule has 3 rings (SSSR count). The highest BCUT2D eigenvalue weighted by atomic mass is 16.5. The molecule has 0 saturated heterocycles. The fourth-order valence-electron chi connectivity index (χ4n) is 3.40. The number of rotatable bonds is 9. The molecule has 0 aliphatic rings. The van der Waals surface area contributed by atoms with Gasteiger partial charge < -0.3 is 15.4 Å². The van der Waals surface area contributed by atoms with Gasteiger partial charge in [-0.15, -0.1) is 0 Å². The molecule has 0 aliphatic carbocycles. The van der Waals surface area contributed by atoms with E-state index in [1.165, 1.54) is 5.56 Å². The SMILES string of the molecule is CCN(Cc1ccccc1)C(C)C(=O)Nc1ccc(C(=O)Nc2ccccc2OC)cc1. The average molecular weight is 432 g/mol. The third-order valence-electron chi connectivity index (χ3n) is 5.33. The zero-order valence-electron chi connectivity index (χ0n) is 18.7. The molecule has 0 spiro atoms. The lowest BCUT2D eigenvalue weighted by Gasteiger charge is -2.27. The predicted octanol–water partition coefficient (Wildman–Crippen LogP) is 4.80. The van der Waals surface area contributed by atoms with Crippen molar-refractivity contribution >= 4 is 23.2 Å². The summed E-state index contributed by atoms with van der Waals surface area (Å²) in [6.45, 7) is 5.40. The highest BCUT2D eigenvalue weighted by Gasteiger charge is 2.20. The number of likely N-dealkylation sites (N-methyl/N-ethyl adjacent to an activating group) is 1. The van der Waals surface area contributed by atoms with Gasteiger partial charge in [-0.3, -0.25) is 14.5 Å². The fourth-order valence-corrected chi connectivity index (χ4v) is 3.40. The average Bonchev–Trinajstić information content (AvgIpc) is 2.83. The first-order valence-electron chi connectivity index (χ1n) is 10.6. The first-order valence-corrected chi connectivity index (χ1v) is 10.6. The van der Waals surface area contributed by atoms with Gasteiger partial charge in [-0.25, -0.2) is 0 Å². The van der Waals surface area contributed by atoms with Gasteiger partial charge in [0.25, 0.3) is 5.91 Å². The number of hydrogen-bond donors (Lipinski definition) is 2. The second-order valence-electron chi connectivity index (χ2n) is 7.45. The van der Waals surface area contributed by atoms with Gasteiger partial charge in [0.1, 0.15) is 5.75 Å². The van der Waals surface area contributed by atoms with Crippen LogP contribution in [0.3, 0.4) is 0 Å². The van der Waals surface area contributed by atoms with Crippen LogP contribution in [-0.4, -0.2) is 36.4 Å². The Morgan fingerprint density at radius 1 is 0.906 bits per heavy atom. The molecular formula is C26H29N3O3. The Kier molecular flexibility index (Phi) is 8.00. The summed E-state index contributed by atoms with van der Waals surface area (Å²) in [5.41, 5.74) is 2.90. The quantitative estimate of drug-likeness (QED) is 0.511. The molecule has 6 heteroatoms. The summed E-state index contributed by atoms with van der Waals surface area (Å²) in [4.78, 5) is 27.5. The topological polar surface area (TPSA) is 70.7 Å². The minimum Gasteiger partial charge on any atom is -0.495 e. The van der Waals surface area contributed by atoms with Gasteiger partial charge in [-0.05, 0) is 55.4 Å². The van der Waals surface area contributed by atoms with Gasteiger partial charge in [0.15, 0.2) is 0 Å². The van der Waals surface area contributed by atoms with Gasteiger partial charge in [0, 0.05) is 17.8 Å². The monoisotopic (exact) mass is 431 g/mol. The summed E-state index contributed by atoms with van der Waals surface area (Å²) < 4.78 is 5.27. The number of hydrogen-bond acceptors (Lipinski definition) is 4. The number of methoxy groups -OCH3 is 1. The molecule has 2 N–H and O–H groups in total. The molecule has 1 atom stereocenters. The number of para-hydroxylation sites is 2. The highest BCUT2D eigenvalue weighted by molar-refractivity contribution is 6.05. The third-order valence-corrected chi connectivity index (χ3v) is 5.33. The molecule has 166 valence electrons. The predicted molar refractivity (Wildman–Crippen MR) is 128 cm³/mol. The van der Waals surface area contributed by atoms with Crippen LogP contribution in [0.15, 0.2) is 78.9 Å². The molecule has 0 radical (unpaired) electrons. The van der Waals surface area contributed by atoms with Crippen LogP contribution in [0.1, 0.15) is 29.8 Å². The number of amides is 2. The molecule has 0 saturated carbocycles. The number of ether oxygens (including phenoxy) is 1. The molecule has 3 aromatic carbocycles. The van der Waals surface area contributed by atoms with Crippen molar-refractivity contribution in [2.24, 2.45) is 0 Å². The van der Waals surface area contributed by atoms with Gasteiger partial charge in [0.2, 0.25) is 5.91 Å². The van der Waals surface area contributed by atoms with Crippen molar-refractivity contribution in [3.8, 4) is 5.75 Å². The molecule has 0 heterocycles. The van der Waals surface area contributed by atoms with Crippen molar-refractivity contribution in [1.82, 2.24) is 4.90 Å². The largest absolute Gasteiger partial charge is 0.495 e. The van der Waals surface area contributed by atoms with E-state index in [9.17, 15) is 9.59 Å². The van der Waals surface area contributed by atoms with E-state index in [2.05, 4.69) is 27.7 Å². The van der Waals surface area contributed by atoms with E-state index in [-0.39, 0.29) is 17.9 Å². The zero-order chi connectivity index (χ0) is 22.9. The third kappa shape index (κ3) is 5.95. The van der Waals surface area contributed by atoms with Crippen LogP contribution in [0.25, 0.3) is 0 Å². The van der Waals surface area contributed by atoms with E-state index in [0.29, 0.717) is 29.2 Å². The lowest BCUT2D eigenvalue weighted by atomic mass is 10.1. The number of nitrogens with one attached hydrogen (secondary N) is 2. The molecule has 0 aromatic heterocycles. The van der Waals surface area contributed by atoms with Gasteiger partial charge in [-0.2, -0.15) is 0 Å². The maximum Gasteiger partial charge on any atom is 0.255 e. The van der Waals surface area contributed by atoms with Crippen molar-refractivity contribution in [2.75, 3.05) is 24.3 Å². The van der Waals surface area contributed by atoms with Crippen LogP contribution in [0.2, 0.25) is 0 Å². The van der Waals surface area contributed by atoms with Crippen LogP contribution in [-0.2, 0) is 11.3 Å². The van der Waals surface area contributed by atoms with Crippen molar-refractivity contribution in [3.05, 3.63) is 90.0 Å². The molecule has 2 amide bonds. The number of carbonyl (C=O) groups excluding carboxylic acids is 2. The summed E-state index contributed by atoms with van der Waals surface area (Å²) in [7, 11) is 1.56. The van der Waals surface area contributed by atoms with Gasteiger partial charge in [-0.1, -0.05) is 49.4 Å². The van der Waals surface area contributed by atoms with E-state index in [4.69, 9.17) is 4.74 Å². The van der Waals surface area contributed by atoms with E-state index < -0.39 is 0 Å². The summed E-state index contributed by atoms with van der Waals surface area (Å²) in [5.74, 6) is 0.254. The van der Waals surface area contributed by atoms with E-state index >= 15 is 0 Å². The summed E-state index contributed by atoms with van der Waals surface area (Å²) >= 11 is 0. The van der Waals surface area contributed by atoms with E-state index in [1.807, 2.05) is 44.2 Å². The number of carbonyl (C=O) groups is 2.